The highest BCUT2D eigenvalue weighted by Gasteiger charge is 2.07. The van der Waals surface area contributed by atoms with Gasteiger partial charge in [-0.1, -0.05) is 32.6 Å². The Morgan fingerprint density at radius 2 is 1.68 bits per heavy atom. The summed E-state index contributed by atoms with van der Waals surface area (Å²) in [5.74, 6) is 1.05. The second kappa shape index (κ2) is 7.82. The van der Waals surface area contributed by atoms with Crippen LogP contribution in [0.5, 0.6) is 5.75 Å². The third-order valence-corrected chi connectivity index (χ3v) is 3.27. The molecule has 0 atom stereocenters. The van der Waals surface area contributed by atoms with Gasteiger partial charge in [0.05, 0.1) is 6.61 Å². The molecule has 0 aromatic heterocycles. The average molecular weight is 262 g/mol. The summed E-state index contributed by atoms with van der Waals surface area (Å²) in [6.07, 6.45) is 6.21. The van der Waals surface area contributed by atoms with Gasteiger partial charge in [-0.3, -0.25) is 5.41 Å². The molecule has 0 aliphatic heterocycles. The topological polar surface area (TPSA) is 59.1 Å². The van der Waals surface area contributed by atoms with E-state index in [1.165, 1.54) is 25.7 Å². The molecular formula is C16H26N2O. The first kappa shape index (κ1) is 15.5. The summed E-state index contributed by atoms with van der Waals surface area (Å²) in [4.78, 5) is 0. The van der Waals surface area contributed by atoms with Crippen LogP contribution in [0.2, 0.25) is 0 Å². The molecule has 1 aromatic carbocycles. The fourth-order valence-electron chi connectivity index (χ4n) is 2.21. The largest absolute Gasteiger partial charge is 0.493 e. The van der Waals surface area contributed by atoms with Crippen molar-refractivity contribution in [2.24, 2.45) is 5.73 Å². The van der Waals surface area contributed by atoms with Gasteiger partial charge < -0.3 is 10.5 Å². The van der Waals surface area contributed by atoms with E-state index in [1.54, 1.807) is 0 Å². The fourth-order valence-corrected chi connectivity index (χ4v) is 2.21. The summed E-state index contributed by atoms with van der Waals surface area (Å²) >= 11 is 0. The summed E-state index contributed by atoms with van der Waals surface area (Å²) in [6, 6.07) is 3.84. The van der Waals surface area contributed by atoms with Crippen molar-refractivity contribution in [2.75, 3.05) is 6.61 Å². The summed E-state index contributed by atoms with van der Waals surface area (Å²) in [5.41, 5.74) is 8.39. The van der Waals surface area contributed by atoms with Crippen molar-refractivity contribution in [3.63, 3.8) is 0 Å². The molecular weight excluding hydrogens is 236 g/mol. The Bertz CT molecular complexity index is 404. The Hall–Kier alpha value is -1.51. The predicted octanol–water partition coefficient (Wildman–Crippen LogP) is 3.94. The van der Waals surface area contributed by atoms with Crippen LogP contribution in [0.25, 0.3) is 0 Å². The summed E-state index contributed by atoms with van der Waals surface area (Å²) in [5, 5.41) is 7.47. The Morgan fingerprint density at radius 3 is 2.21 bits per heavy atom. The van der Waals surface area contributed by atoms with Crippen molar-refractivity contribution >= 4 is 5.84 Å². The number of nitrogens with one attached hydrogen (secondary N) is 1. The number of nitrogen functional groups attached to an aromatic ring is 1. The first-order chi connectivity index (χ1) is 9.06. The van der Waals surface area contributed by atoms with E-state index in [1.807, 2.05) is 26.0 Å². The van der Waals surface area contributed by atoms with E-state index in [-0.39, 0.29) is 5.84 Å². The number of nitrogens with two attached hydrogens (primary N) is 1. The molecule has 106 valence electrons. The molecule has 1 aromatic rings. The van der Waals surface area contributed by atoms with Crippen LogP contribution in [-0.2, 0) is 0 Å². The van der Waals surface area contributed by atoms with E-state index >= 15 is 0 Å². The van der Waals surface area contributed by atoms with Gasteiger partial charge in [-0.15, -0.1) is 0 Å². The summed E-state index contributed by atoms with van der Waals surface area (Å²) < 4.78 is 5.87. The minimum absolute atomic E-state index is 0.109. The van der Waals surface area contributed by atoms with E-state index in [4.69, 9.17) is 15.9 Å². The molecule has 0 aliphatic rings. The molecule has 0 heterocycles. The molecule has 19 heavy (non-hydrogen) atoms. The van der Waals surface area contributed by atoms with Crippen molar-refractivity contribution in [2.45, 2.75) is 52.9 Å². The number of benzene rings is 1. The Kier molecular flexibility index (Phi) is 6.40. The summed E-state index contributed by atoms with van der Waals surface area (Å²) in [6.45, 7) is 7.00. The molecule has 0 aliphatic carbocycles. The lowest BCUT2D eigenvalue weighted by Crippen LogP contribution is -2.12. The molecule has 3 heteroatoms. The molecule has 0 radical (unpaired) electrons. The van der Waals surface area contributed by atoms with Gasteiger partial charge in [0.25, 0.3) is 0 Å². The van der Waals surface area contributed by atoms with Crippen LogP contribution in [0, 0.1) is 19.3 Å². The average Bonchev–Trinajstić information content (AvgIpc) is 2.35. The monoisotopic (exact) mass is 262 g/mol. The van der Waals surface area contributed by atoms with Gasteiger partial charge >= 0.3 is 0 Å². The highest BCUT2D eigenvalue weighted by Crippen LogP contribution is 2.25. The molecule has 1 rings (SSSR count). The molecule has 3 N–H and O–H groups in total. The molecule has 0 spiro atoms. The Labute approximate surface area is 116 Å². The van der Waals surface area contributed by atoms with E-state index < -0.39 is 0 Å². The predicted molar refractivity (Wildman–Crippen MR) is 81.2 cm³/mol. The van der Waals surface area contributed by atoms with Crippen molar-refractivity contribution < 1.29 is 4.74 Å². The number of hydrogen-bond acceptors (Lipinski definition) is 2. The highest BCUT2D eigenvalue weighted by molar-refractivity contribution is 5.95. The number of ether oxygens (including phenoxy) is 1. The SMILES string of the molecule is CCCCCCCOc1c(C)cc(C(=N)N)cc1C. The van der Waals surface area contributed by atoms with E-state index in [2.05, 4.69) is 6.92 Å². The molecule has 0 saturated carbocycles. The molecule has 0 unspecified atom stereocenters. The van der Waals surface area contributed by atoms with Crippen LogP contribution >= 0.6 is 0 Å². The van der Waals surface area contributed by atoms with Crippen LogP contribution in [0.15, 0.2) is 12.1 Å². The van der Waals surface area contributed by atoms with Crippen molar-refractivity contribution in [3.8, 4) is 5.75 Å². The van der Waals surface area contributed by atoms with E-state index in [9.17, 15) is 0 Å². The van der Waals surface area contributed by atoms with Gasteiger partial charge in [-0.25, -0.2) is 0 Å². The number of rotatable bonds is 8. The molecule has 0 saturated heterocycles. The Balaban J connectivity index is 2.52. The maximum Gasteiger partial charge on any atom is 0.125 e. The summed E-state index contributed by atoms with van der Waals surface area (Å²) in [7, 11) is 0. The van der Waals surface area contributed by atoms with Crippen molar-refractivity contribution in [1.82, 2.24) is 0 Å². The van der Waals surface area contributed by atoms with Crippen LogP contribution in [-0.4, -0.2) is 12.4 Å². The zero-order chi connectivity index (χ0) is 14.3. The van der Waals surface area contributed by atoms with Crippen LogP contribution < -0.4 is 10.5 Å². The lowest BCUT2D eigenvalue weighted by molar-refractivity contribution is 0.300. The molecule has 0 fully saturated rings. The van der Waals surface area contributed by atoms with Crippen LogP contribution in [0.1, 0.15) is 55.7 Å². The van der Waals surface area contributed by atoms with E-state index in [0.717, 1.165) is 35.5 Å². The number of hydrogen-bond donors (Lipinski definition) is 2. The van der Waals surface area contributed by atoms with Gasteiger partial charge in [0.2, 0.25) is 0 Å². The van der Waals surface area contributed by atoms with Crippen molar-refractivity contribution in [3.05, 3.63) is 28.8 Å². The van der Waals surface area contributed by atoms with Gasteiger partial charge in [-0.2, -0.15) is 0 Å². The molecule has 0 bridgehead atoms. The standard InChI is InChI=1S/C16H26N2O/c1-4-5-6-7-8-9-19-15-12(2)10-14(16(17)18)11-13(15)3/h10-11H,4-9H2,1-3H3,(H3,17,18). The van der Waals surface area contributed by atoms with E-state index in [0.29, 0.717) is 0 Å². The lowest BCUT2D eigenvalue weighted by atomic mass is 10.1. The van der Waals surface area contributed by atoms with Gasteiger partial charge in [0.1, 0.15) is 11.6 Å². The third-order valence-electron chi connectivity index (χ3n) is 3.27. The number of unbranched alkanes of at least 4 members (excludes halogenated alkanes) is 4. The number of aryl methyl sites for hydroxylation is 2. The minimum atomic E-state index is 0.109. The third kappa shape index (κ3) is 4.93. The Morgan fingerprint density at radius 1 is 1.11 bits per heavy atom. The molecule has 0 amide bonds. The second-order valence-electron chi connectivity index (χ2n) is 5.12. The van der Waals surface area contributed by atoms with Gasteiger partial charge in [-0.05, 0) is 43.5 Å². The van der Waals surface area contributed by atoms with Crippen LogP contribution in [0.3, 0.4) is 0 Å². The number of amidine groups is 1. The minimum Gasteiger partial charge on any atom is -0.493 e. The zero-order valence-corrected chi connectivity index (χ0v) is 12.4. The fraction of sp³-hybridized carbons (Fsp3) is 0.562. The maximum atomic E-state index is 7.47. The zero-order valence-electron chi connectivity index (χ0n) is 12.4. The molecule has 3 nitrogen and oxygen atoms in total. The van der Waals surface area contributed by atoms with Gasteiger partial charge in [0, 0.05) is 5.56 Å². The van der Waals surface area contributed by atoms with Crippen LogP contribution in [0.4, 0.5) is 0 Å². The first-order valence-electron chi connectivity index (χ1n) is 7.14. The smallest absolute Gasteiger partial charge is 0.125 e. The highest BCUT2D eigenvalue weighted by atomic mass is 16.5. The second-order valence-corrected chi connectivity index (χ2v) is 5.12. The first-order valence-corrected chi connectivity index (χ1v) is 7.14. The van der Waals surface area contributed by atoms with Gasteiger partial charge in [0.15, 0.2) is 0 Å². The quantitative estimate of drug-likeness (QED) is 0.423. The normalized spacial score (nSPS) is 10.5. The lowest BCUT2D eigenvalue weighted by Gasteiger charge is -2.13. The maximum absolute atomic E-state index is 7.47. The van der Waals surface area contributed by atoms with Crippen molar-refractivity contribution in [1.29, 1.82) is 5.41 Å².